The number of nitrogens with zero attached hydrogens (tertiary/aromatic N) is 6. The third kappa shape index (κ3) is 5.04. The Morgan fingerprint density at radius 3 is 1.53 bits per heavy atom. The molecule has 0 fully saturated rings. The van der Waals surface area contributed by atoms with Crippen LogP contribution < -0.4 is 0 Å². The summed E-state index contributed by atoms with van der Waals surface area (Å²) in [6.07, 6.45) is 0. The minimum absolute atomic E-state index is 0.556. The fourth-order valence-corrected chi connectivity index (χ4v) is 11.3. The number of benzene rings is 9. The van der Waals surface area contributed by atoms with Crippen molar-refractivity contribution in [3.8, 4) is 40.1 Å². The van der Waals surface area contributed by atoms with Crippen molar-refractivity contribution in [2.24, 2.45) is 0 Å². The minimum atomic E-state index is 0.556. The number of para-hydroxylation sites is 5. The average molecular weight is 835 g/mol. The highest BCUT2D eigenvalue weighted by atomic mass is 32.1. The molecule has 0 aliphatic carbocycles. The van der Waals surface area contributed by atoms with Gasteiger partial charge in [-0.15, -0.1) is 11.3 Å². The standard InChI is InChI=1S/C57H34N6S/c1-3-17-35(18-4-1)55-58-56(36-31-32-51-43(33-36)40-23-11-16-30-50(40)64-51)60-57(59-55)63-47-29-15-10-25-42(47)53-49(63)34-48(62-44-26-12-7-21-38(44)39-22-8-13-27-45(39)62)52-41-24-9-14-28-46(41)61(54(52)53)37-19-5-2-6-20-37/h1-34H. The summed E-state index contributed by atoms with van der Waals surface area (Å²) in [7, 11) is 0. The molecule has 14 rings (SSSR count). The predicted molar refractivity (Wildman–Crippen MR) is 267 cm³/mol. The van der Waals surface area contributed by atoms with Crippen LogP contribution in [0.1, 0.15) is 0 Å². The molecule has 0 saturated carbocycles. The maximum absolute atomic E-state index is 5.47. The molecular weight excluding hydrogens is 801 g/mol. The van der Waals surface area contributed by atoms with Crippen molar-refractivity contribution < 1.29 is 0 Å². The first-order valence-electron chi connectivity index (χ1n) is 21.5. The maximum Gasteiger partial charge on any atom is 0.238 e. The van der Waals surface area contributed by atoms with Gasteiger partial charge in [0.25, 0.3) is 0 Å². The Hall–Kier alpha value is -8.39. The van der Waals surface area contributed by atoms with Crippen LogP contribution in [0.2, 0.25) is 0 Å². The molecule has 0 atom stereocenters. The van der Waals surface area contributed by atoms with E-state index in [9.17, 15) is 0 Å². The summed E-state index contributed by atoms with van der Waals surface area (Å²) >= 11 is 1.81. The molecule has 0 bridgehead atoms. The lowest BCUT2D eigenvalue weighted by Gasteiger charge is -2.15. The molecule has 6 nitrogen and oxygen atoms in total. The molecule has 0 unspecified atom stereocenters. The van der Waals surface area contributed by atoms with Gasteiger partial charge in [0.1, 0.15) is 0 Å². The lowest BCUT2D eigenvalue weighted by Crippen LogP contribution is -2.07. The van der Waals surface area contributed by atoms with E-state index in [2.05, 4.69) is 202 Å². The fourth-order valence-electron chi connectivity index (χ4n) is 10.2. The van der Waals surface area contributed by atoms with E-state index >= 15 is 0 Å². The van der Waals surface area contributed by atoms with Crippen molar-refractivity contribution in [2.45, 2.75) is 0 Å². The quantitative estimate of drug-likeness (QED) is 0.174. The number of thiophene rings is 1. The van der Waals surface area contributed by atoms with Gasteiger partial charge in [0, 0.05) is 69.3 Å². The summed E-state index contributed by atoms with van der Waals surface area (Å²) in [5.74, 6) is 1.79. The van der Waals surface area contributed by atoms with Gasteiger partial charge in [0.15, 0.2) is 11.6 Å². The number of hydrogen-bond donors (Lipinski definition) is 0. The van der Waals surface area contributed by atoms with E-state index in [1.807, 2.05) is 29.5 Å². The third-order valence-corrected chi connectivity index (χ3v) is 14.0. The van der Waals surface area contributed by atoms with Gasteiger partial charge >= 0.3 is 0 Å². The van der Waals surface area contributed by atoms with E-state index in [1.165, 1.54) is 41.7 Å². The van der Waals surface area contributed by atoms with Crippen LogP contribution in [0.4, 0.5) is 0 Å². The van der Waals surface area contributed by atoms with Crippen molar-refractivity contribution in [1.29, 1.82) is 0 Å². The minimum Gasteiger partial charge on any atom is -0.308 e. The lowest BCUT2D eigenvalue weighted by molar-refractivity contribution is 0.953. The highest BCUT2D eigenvalue weighted by molar-refractivity contribution is 7.25. The molecule has 9 aromatic carbocycles. The number of hydrogen-bond acceptors (Lipinski definition) is 4. The van der Waals surface area contributed by atoms with Gasteiger partial charge < -0.3 is 9.13 Å². The molecule has 64 heavy (non-hydrogen) atoms. The van der Waals surface area contributed by atoms with Crippen LogP contribution >= 0.6 is 11.3 Å². The van der Waals surface area contributed by atoms with Gasteiger partial charge in [-0.05, 0) is 66.7 Å². The monoisotopic (exact) mass is 834 g/mol. The Balaban J connectivity index is 1.17. The zero-order valence-electron chi connectivity index (χ0n) is 34.2. The molecule has 0 radical (unpaired) electrons. The van der Waals surface area contributed by atoms with Crippen LogP contribution in [0, 0.1) is 0 Å². The average Bonchev–Trinajstić information content (AvgIpc) is 4.10. The topological polar surface area (TPSA) is 53.5 Å². The Labute approximate surface area is 370 Å². The van der Waals surface area contributed by atoms with E-state index in [0.29, 0.717) is 17.6 Å². The zero-order chi connectivity index (χ0) is 41.9. The summed E-state index contributed by atoms with van der Waals surface area (Å²) in [5.41, 5.74) is 10.6. The molecule has 0 aliphatic heterocycles. The van der Waals surface area contributed by atoms with E-state index in [0.717, 1.165) is 66.4 Å². The molecule has 5 heterocycles. The van der Waals surface area contributed by atoms with Crippen LogP contribution in [0.5, 0.6) is 0 Å². The second-order valence-corrected chi connectivity index (χ2v) is 17.5. The molecule has 0 N–H and O–H groups in total. The smallest absolute Gasteiger partial charge is 0.238 e. The normalized spacial score (nSPS) is 12.1. The summed E-state index contributed by atoms with van der Waals surface area (Å²) in [4.78, 5) is 16.1. The zero-order valence-corrected chi connectivity index (χ0v) is 35.0. The van der Waals surface area contributed by atoms with Gasteiger partial charge in [-0.1, -0.05) is 140 Å². The fraction of sp³-hybridized carbons (Fsp3) is 0. The number of fused-ring (bicyclic) bond motifs is 13. The summed E-state index contributed by atoms with van der Waals surface area (Å²) in [5, 5.41) is 9.47. The SMILES string of the molecule is c1ccc(-c2nc(-c3ccc4sc5ccccc5c4c3)nc(-n3c4ccccc4c4c3cc(-n3c5ccccc5c5ccccc53)c3c5ccccc5n(-c5ccccc5)c34)n2)cc1. The number of rotatable bonds is 5. The Morgan fingerprint density at radius 2 is 0.844 bits per heavy atom. The van der Waals surface area contributed by atoms with Crippen LogP contribution in [-0.4, -0.2) is 28.7 Å². The number of aromatic nitrogens is 6. The van der Waals surface area contributed by atoms with Crippen molar-refractivity contribution >= 4 is 96.9 Å². The van der Waals surface area contributed by atoms with E-state index in [1.54, 1.807) is 0 Å². The lowest BCUT2D eigenvalue weighted by atomic mass is 10.0. The molecule has 7 heteroatoms. The van der Waals surface area contributed by atoms with Gasteiger partial charge in [-0.2, -0.15) is 9.97 Å². The van der Waals surface area contributed by atoms with Gasteiger partial charge in [0.05, 0.1) is 38.8 Å². The van der Waals surface area contributed by atoms with Crippen LogP contribution in [0.15, 0.2) is 206 Å². The third-order valence-electron chi connectivity index (χ3n) is 12.9. The second kappa shape index (κ2) is 13.6. The van der Waals surface area contributed by atoms with Gasteiger partial charge in [0.2, 0.25) is 5.95 Å². The van der Waals surface area contributed by atoms with Crippen molar-refractivity contribution in [2.75, 3.05) is 0 Å². The summed E-state index contributed by atoms with van der Waals surface area (Å²) in [6.45, 7) is 0. The first-order valence-corrected chi connectivity index (χ1v) is 22.4. The predicted octanol–water partition coefficient (Wildman–Crippen LogP) is 14.9. The Morgan fingerprint density at radius 1 is 0.328 bits per heavy atom. The maximum atomic E-state index is 5.47. The molecule has 0 amide bonds. The molecule has 298 valence electrons. The Kier molecular flexibility index (Phi) is 7.46. The highest BCUT2D eigenvalue weighted by Gasteiger charge is 2.27. The summed E-state index contributed by atoms with van der Waals surface area (Å²) in [6, 6.07) is 73.7. The van der Waals surface area contributed by atoms with Crippen LogP contribution in [-0.2, 0) is 0 Å². The molecule has 0 aliphatic rings. The van der Waals surface area contributed by atoms with Gasteiger partial charge in [-0.25, -0.2) is 4.98 Å². The second-order valence-electron chi connectivity index (χ2n) is 16.4. The summed E-state index contributed by atoms with van der Waals surface area (Å²) < 4.78 is 9.69. The first kappa shape index (κ1) is 35.2. The first-order chi connectivity index (χ1) is 31.8. The molecule has 5 aromatic heterocycles. The van der Waals surface area contributed by atoms with Crippen molar-refractivity contribution in [3.63, 3.8) is 0 Å². The van der Waals surface area contributed by atoms with Gasteiger partial charge in [-0.3, -0.25) is 4.57 Å². The van der Waals surface area contributed by atoms with E-state index < -0.39 is 0 Å². The molecule has 0 saturated heterocycles. The highest BCUT2D eigenvalue weighted by Crippen LogP contribution is 2.47. The largest absolute Gasteiger partial charge is 0.308 e. The Bertz CT molecular complexity index is 4140. The molecule has 14 aromatic rings. The van der Waals surface area contributed by atoms with E-state index in [-0.39, 0.29) is 0 Å². The van der Waals surface area contributed by atoms with E-state index in [4.69, 9.17) is 15.0 Å². The molecular formula is C57H34N6S. The molecule has 0 spiro atoms. The van der Waals surface area contributed by atoms with Crippen LogP contribution in [0.3, 0.4) is 0 Å². The van der Waals surface area contributed by atoms with Crippen molar-refractivity contribution in [1.82, 2.24) is 28.7 Å². The van der Waals surface area contributed by atoms with Crippen molar-refractivity contribution in [3.05, 3.63) is 206 Å². The van der Waals surface area contributed by atoms with Crippen LogP contribution in [0.25, 0.3) is 126 Å².